The van der Waals surface area contributed by atoms with E-state index in [0.717, 1.165) is 6.42 Å². The number of hydrogen-bond acceptors (Lipinski definition) is 6. The molecule has 0 saturated heterocycles. The SMILES string of the molecule is CCCN(Cc1nnc(-c2ccco2)o1)C(=O)c1oc2ccc(F)cc2c1C. The van der Waals surface area contributed by atoms with Crippen LogP contribution in [0, 0.1) is 12.7 Å². The second kappa shape index (κ2) is 7.30. The number of carbonyl (C=O) groups excluding carboxylic acids is 1. The quantitative estimate of drug-likeness (QED) is 0.485. The summed E-state index contributed by atoms with van der Waals surface area (Å²) in [6.07, 6.45) is 2.25. The van der Waals surface area contributed by atoms with Crippen molar-refractivity contribution in [1.29, 1.82) is 0 Å². The molecule has 0 aliphatic carbocycles. The van der Waals surface area contributed by atoms with Crippen LogP contribution in [0.25, 0.3) is 22.6 Å². The lowest BCUT2D eigenvalue weighted by molar-refractivity contribution is 0.0697. The average Bonchev–Trinajstić information content (AvgIpc) is 3.42. The Balaban J connectivity index is 1.61. The van der Waals surface area contributed by atoms with Gasteiger partial charge in [0.2, 0.25) is 5.89 Å². The maximum atomic E-state index is 13.5. The summed E-state index contributed by atoms with van der Waals surface area (Å²) in [7, 11) is 0. The van der Waals surface area contributed by atoms with Gasteiger partial charge in [0.15, 0.2) is 11.5 Å². The Morgan fingerprint density at radius 2 is 2.07 bits per heavy atom. The highest BCUT2D eigenvalue weighted by molar-refractivity contribution is 5.98. The van der Waals surface area contributed by atoms with Gasteiger partial charge >= 0.3 is 0 Å². The van der Waals surface area contributed by atoms with Crippen LogP contribution < -0.4 is 0 Å². The molecule has 0 saturated carbocycles. The predicted molar refractivity (Wildman–Crippen MR) is 97.9 cm³/mol. The van der Waals surface area contributed by atoms with Crippen LogP contribution in [-0.4, -0.2) is 27.5 Å². The van der Waals surface area contributed by atoms with E-state index in [1.807, 2.05) is 6.92 Å². The number of aromatic nitrogens is 2. The third kappa shape index (κ3) is 3.28. The number of hydrogen-bond donors (Lipinski definition) is 0. The molecule has 3 aromatic heterocycles. The molecule has 0 radical (unpaired) electrons. The summed E-state index contributed by atoms with van der Waals surface area (Å²) in [5, 5.41) is 8.53. The Morgan fingerprint density at radius 3 is 2.82 bits per heavy atom. The number of aryl methyl sites for hydroxylation is 1. The topological polar surface area (TPSA) is 85.5 Å². The highest BCUT2D eigenvalue weighted by Crippen LogP contribution is 2.27. The summed E-state index contributed by atoms with van der Waals surface area (Å²) in [4.78, 5) is 14.7. The predicted octanol–water partition coefficient (Wildman–Crippen LogP) is 4.58. The Bertz CT molecular complexity index is 1110. The lowest BCUT2D eigenvalue weighted by Crippen LogP contribution is -2.31. The van der Waals surface area contributed by atoms with Crippen molar-refractivity contribution in [3.63, 3.8) is 0 Å². The van der Waals surface area contributed by atoms with Crippen LogP contribution in [0.2, 0.25) is 0 Å². The first-order chi connectivity index (χ1) is 13.6. The van der Waals surface area contributed by atoms with Crippen molar-refractivity contribution < 1.29 is 22.4 Å². The fourth-order valence-corrected chi connectivity index (χ4v) is 3.04. The molecule has 0 aliphatic heterocycles. The number of halogens is 1. The van der Waals surface area contributed by atoms with E-state index in [1.54, 1.807) is 24.0 Å². The summed E-state index contributed by atoms with van der Waals surface area (Å²) in [6.45, 7) is 4.31. The maximum absolute atomic E-state index is 13.5. The van der Waals surface area contributed by atoms with E-state index in [-0.39, 0.29) is 35.8 Å². The van der Waals surface area contributed by atoms with Gasteiger partial charge in [-0.1, -0.05) is 6.92 Å². The first-order valence-corrected chi connectivity index (χ1v) is 8.91. The van der Waals surface area contributed by atoms with Gasteiger partial charge in [0.25, 0.3) is 11.8 Å². The first kappa shape index (κ1) is 18.0. The summed E-state index contributed by atoms with van der Waals surface area (Å²) in [5.41, 5.74) is 1.07. The highest BCUT2D eigenvalue weighted by Gasteiger charge is 2.25. The molecule has 1 aromatic carbocycles. The minimum Gasteiger partial charge on any atom is -0.459 e. The largest absolute Gasteiger partial charge is 0.459 e. The molecule has 0 N–H and O–H groups in total. The molecule has 8 heteroatoms. The van der Waals surface area contributed by atoms with Crippen LogP contribution in [0.3, 0.4) is 0 Å². The van der Waals surface area contributed by atoms with Gasteiger partial charge in [-0.15, -0.1) is 10.2 Å². The zero-order valence-electron chi connectivity index (χ0n) is 15.4. The number of rotatable bonds is 6. The number of nitrogens with zero attached hydrogens (tertiary/aromatic N) is 3. The van der Waals surface area contributed by atoms with Crippen molar-refractivity contribution in [2.45, 2.75) is 26.8 Å². The van der Waals surface area contributed by atoms with E-state index in [9.17, 15) is 9.18 Å². The third-order valence-corrected chi connectivity index (χ3v) is 4.40. The number of fused-ring (bicyclic) bond motifs is 1. The van der Waals surface area contributed by atoms with E-state index >= 15 is 0 Å². The molecule has 144 valence electrons. The number of benzene rings is 1. The van der Waals surface area contributed by atoms with Crippen LogP contribution in [-0.2, 0) is 6.54 Å². The molecule has 28 heavy (non-hydrogen) atoms. The average molecular weight is 383 g/mol. The molecule has 0 unspecified atom stereocenters. The van der Waals surface area contributed by atoms with Gasteiger partial charge < -0.3 is 18.2 Å². The van der Waals surface area contributed by atoms with E-state index < -0.39 is 0 Å². The van der Waals surface area contributed by atoms with E-state index in [4.69, 9.17) is 13.3 Å². The standard InChI is InChI=1S/C20H18FN3O4/c1-3-8-24(11-17-22-23-19(28-17)16-5-4-9-26-16)20(25)18-12(2)14-10-13(21)6-7-15(14)27-18/h4-7,9-10H,3,8,11H2,1-2H3. The minimum atomic E-state index is -0.378. The third-order valence-electron chi connectivity index (χ3n) is 4.40. The Morgan fingerprint density at radius 1 is 1.21 bits per heavy atom. The molecule has 0 spiro atoms. The zero-order chi connectivity index (χ0) is 19.7. The molecule has 0 atom stereocenters. The highest BCUT2D eigenvalue weighted by atomic mass is 19.1. The van der Waals surface area contributed by atoms with Crippen molar-refractivity contribution in [2.75, 3.05) is 6.54 Å². The molecule has 1 amide bonds. The zero-order valence-corrected chi connectivity index (χ0v) is 15.4. The fraction of sp³-hybridized carbons (Fsp3) is 0.250. The molecule has 0 fully saturated rings. The van der Waals surface area contributed by atoms with Crippen molar-refractivity contribution >= 4 is 16.9 Å². The number of furan rings is 2. The van der Waals surface area contributed by atoms with Gasteiger partial charge in [0.05, 0.1) is 12.8 Å². The second-order valence-electron chi connectivity index (χ2n) is 6.40. The Kier molecular flexibility index (Phi) is 4.68. The van der Waals surface area contributed by atoms with Crippen LogP contribution in [0.15, 0.2) is 49.8 Å². The van der Waals surface area contributed by atoms with Gasteiger partial charge in [-0.05, 0) is 43.7 Å². The summed E-state index contributed by atoms with van der Waals surface area (Å²) >= 11 is 0. The summed E-state index contributed by atoms with van der Waals surface area (Å²) in [6, 6.07) is 7.62. The van der Waals surface area contributed by atoms with Gasteiger partial charge in [0, 0.05) is 17.5 Å². The Hall–Kier alpha value is -3.42. The van der Waals surface area contributed by atoms with Crippen molar-refractivity contribution in [1.82, 2.24) is 15.1 Å². The molecule has 4 rings (SSSR count). The lowest BCUT2D eigenvalue weighted by atomic mass is 10.1. The molecule has 4 aromatic rings. The lowest BCUT2D eigenvalue weighted by Gasteiger charge is -2.19. The van der Waals surface area contributed by atoms with Crippen LogP contribution in [0.5, 0.6) is 0 Å². The summed E-state index contributed by atoms with van der Waals surface area (Å²) in [5.74, 6) is 0.486. The van der Waals surface area contributed by atoms with Crippen molar-refractivity contribution in [3.05, 3.63) is 59.6 Å². The fourth-order valence-electron chi connectivity index (χ4n) is 3.04. The van der Waals surface area contributed by atoms with E-state index in [1.165, 1.54) is 24.5 Å². The van der Waals surface area contributed by atoms with Gasteiger partial charge in [-0.2, -0.15) is 0 Å². The maximum Gasteiger partial charge on any atom is 0.290 e. The van der Waals surface area contributed by atoms with Gasteiger partial charge in [-0.3, -0.25) is 4.79 Å². The van der Waals surface area contributed by atoms with Crippen LogP contribution in [0.4, 0.5) is 4.39 Å². The van der Waals surface area contributed by atoms with E-state index in [2.05, 4.69) is 10.2 Å². The molecule has 0 aliphatic rings. The molecule has 3 heterocycles. The normalized spacial score (nSPS) is 11.2. The molecular weight excluding hydrogens is 365 g/mol. The van der Waals surface area contributed by atoms with Crippen molar-refractivity contribution in [2.24, 2.45) is 0 Å². The smallest absolute Gasteiger partial charge is 0.290 e. The Labute approximate surface area is 159 Å². The van der Waals surface area contributed by atoms with Crippen molar-refractivity contribution in [3.8, 4) is 11.7 Å². The van der Waals surface area contributed by atoms with E-state index in [0.29, 0.717) is 28.8 Å². The van der Waals surface area contributed by atoms with Crippen LogP contribution in [0.1, 0.15) is 35.4 Å². The summed E-state index contributed by atoms with van der Waals surface area (Å²) < 4.78 is 30.1. The number of carbonyl (C=O) groups is 1. The minimum absolute atomic E-state index is 0.130. The molecule has 7 nitrogen and oxygen atoms in total. The molecular formula is C20H18FN3O4. The number of amides is 1. The molecule has 0 bridgehead atoms. The van der Waals surface area contributed by atoms with Gasteiger partial charge in [-0.25, -0.2) is 4.39 Å². The first-order valence-electron chi connectivity index (χ1n) is 8.91. The van der Waals surface area contributed by atoms with Crippen LogP contribution >= 0.6 is 0 Å². The monoisotopic (exact) mass is 383 g/mol. The van der Waals surface area contributed by atoms with Gasteiger partial charge in [0.1, 0.15) is 11.4 Å². The second-order valence-corrected chi connectivity index (χ2v) is 6.40.